The quantitative estimate of drug-likeness (QED) is 0.0591. The van der Waals surface area contributed by atoms with Gasteiger partial charge in [-0.15, -0.1) is 0 Å². The van der Waals surface area contributed by atoms with Gasteiger partial charge in [-0.1, -0.05) is 455 Å². The second kappa shape index (κ2) is 45.5. The third-order valence-corrected chi connectivity index (χ3v) is 26.2. The van der Waals surface area contributed by atoms with Crippen LogP contribution in [0, 0.1) is 130 Å². The molecule has 694 valence electrons. The molecule has 0 amide bonds. The van der Waals surface area contributed by atoms with Gasteiger partial charge in [0, 0.05) is 44.5 Å². The monoisotopic (exact) mass is 1810 g/mol. The first-order chi connectivity index (χ1) is 65.4. The summed E-state index contributed by atoms with van der Waals surface area (Å²) < 4.78 is 0. The van der Waals surface area contributed by atoms with E-state index in [2.05, 4.69) is 470 Å². The highest BCUT2D eigenvalue weighted by atomic mass is 16.2. The van der Waals surface area contributed by atoms with E-state index < -0.39 is 27.7 Å². The molecule has 4 nitrogen and oxygen atoms in total. The molecule has 0 aliphatic rings. The van der Waals surface area contributed by atoms with E-state index in [9.17, 15) is 20.1 Å². The predicted molar refractivity (Wildman–Crippen MR) is 602 cm³/mol. The Morgan fingerprint density at radius 1 is 0.203 bits per heavy atom. The highest BCUT2D eigenvalue weighted by Crippen LogP contribution is 2.29. The zero-order chi connectivity index (χ0) is 99.8. The van der Waals surface area contributed by atoms with Gasteiger partial charge >= 0.3 is 27.7 Å². The van der Waals surface area contributed by atoms with Crippen LogP contribution in [0.4, 0.5) is 0 Å². The number of hydrogen-bond donors (Lipinski definition) is 4. The van der Waals surface area contributed by atoms with Crippen LogP contribution in [0.5, 0.6) is 0 Å². The van der Waals surface area contributed by atoms with Gasteiger partial charge in [0.15, 0.2) is 0 Å². The molecule has 0 aliphatic heterocycles. The van der Waals surface area contributed by atoms with E-state index in [0.717, 1.165) is 176 Å². The second-order valence-electron chi connectivity index (χ2n) is 42.0. The fourth-order valence-electron chi connectivity index (χ4n) is 18.8. The highest BCUT2D eigenvalue weighted by molar-refractivity contribution is 6.82. The summed E-state index contributed by atoms with van der Waals surface area (Å²) >= 11 is 0. The van der Waals surface area contributed by atoms with Crippen molar-refractivity contribution in [1.82, 2.24) is 0 Å². The molecule has 0 radical (unpaired) electrons. The van der Waals surface area contributed by atoms with Gasteiger partial charge in [0.1, 0.15) is 0 Å². The Bertz CT molecular complexity index is 6370. The van der Waals surface area contributed by atoms with Crippen molar-refractivity contribution < 1.29 is 20.1 Å². The second-order valence-corrected chi connectivity index (χ2v) is 42.0. The summed E-state index contributed by atoms with van der Waals surface area (Å²) in [5.41, 5.74) is 33.9. The molecule has 16 rings (SSSR count). The van der Waals surface area contributed by atoms with Crippen LogP contribution in [0.1, 0.15) is 256 Å². The van der Waals surface area contributed by atoms with Gasteiger partial charge in [0.2, 0.25) is 0 Å². The summed E-state index contributed by atoms with van der Waals surface area (Å²) in [5, 5.41) is 55.1. The van der Waals surface area contributed by atoms with E-state index in [-0.39, 0.29) is 21.7 Å². The Hall–Kier alpha value is -13.1. The third kappa shape index (κ3) is 26.6. The van der Waals surface area contributed by atoms with Crippen molar-refractivity contribution in [1.29, 1.82) is 0 Å². The molecule has 0 heterocycles. The van der Waals surface area contributed by atoms with Crippen LogP contribution in [0.25, 0.3) is 43.1 Å². The first kappa shape index (κ1) is 104. The average molecular weight is 1810 g/mol. The van der Waals surface area contributed by atoms with E-state index in [1.807, 2.05) is 48.5 Å². The molecule has 0 unspecified atom stereocenters. The van der Waals surface area contributed by atoms with Gasteiger partial charge in [0.05, 0.1) is 0 Å². The molecule has 0 spiro atoms. The number of hydrogen-bond acceptors (Lipinski definition) is 4. The van der Waals surface area contributed by atoms with Crippen molar-refractivity contribution in [3.63, 3.8) is 0 Å². The van der Waals surface area contributed by atoms with Crippen LogP contribution in [-0.4, -0.2) is 47.8 Å². The maximum Gasteiger partial charge on any atom is 0.360 e. The number of unbranched alkanes of at least 4 members (excludes halogenated alkanes) is 3. The van der Waals surface area contributed by atoms with E-state index in [4.69, 9.17) is 0 Å². The molecule has 0 saturated carbocycles. The number of rotatable bonds is 11. The Balaban J connectivity index is 0.000000162. The zero-order valence-corrected chi connectivity index (χ0v) is 86.6. The molecular formula is C130H138B4O4. The molecule has 0 bridgehead atoms. The maximum absolute atomic E-state index is 11.5. The smallest absolute Gasteiger partial charge is 0.360 e. The normalized spacial score (nSPS) is 11.1. The van der Waals surface area contributed by atoms with E-state index in [1.165, 1.54) is 70.2 Å². The molecule has 8 heteroatoms. The number of fused-ring (bicyclic) bond motifs is 4. The fraction of sp³-hybridized carbons (Fsp3) is 0.262. The van der Waals surface area contributed by atoms with Crippen molar-refractivity contribution >= 4 is 114 Å². The number of aryl methyl sites for hydroxylation is 12. The van der Waals surface area contributed by atoms with Crippen molar-refractivity contribution in [2.75, 3.05) is 0 Å². The van der Waals surface area contributed by atoms with Crippen LogP contribution in [0.3, 0.4) is 0 Å². The van der Waals surface area contributed by atoms with Crippen LogP contribution < -0.4 is 43.7 Å². The van der Waals surface area contributed by atoms with Gasteiger partial charge < -0.3 is 20.1 Å². The molecule has 138 heavy (non-hydrogen) atoms. The van der Waals surface area contributed by atoms with Gasteiger partial charge in [-0.25, -0.2) is 0 Å². The van der Waals surface area contributed by atoms with Gasteiger partial charge in [0.25, 0.3) is 0 Å². The zero-order valence-electron chi connectivity index (χ0n) is 86.6. The van der Waals surface area contributed by atoms with Gasteiger partial charge in [-0.2, -0.15) is 0 Å². The average Bonchev–Trinajstić information content (AvgIpc) is 0.788. The molecule has 16 aromatic rings. The van der Waals surface area contributed by atoms with E-state index in [0.29, 0.717) is 0 Å². The summed E-state index contributed by atoms with van der Waals surface area (Å²) in [7, 11) is 0. The first-order valence-electron chi connectivity index (χ1n) is 49.1. The summed E-state index contributed by atoms with van der Waals surface area (Å²) in [6, 6.07) is 101. The lowest BCUT2D eigenvalue weighted by Gasteiger charge is -2.18. The molecule has 4 N–H and O–H groups in total. The Kier molecular flexibility index (Phi) is 34.2. The molecule has 0 fully saturated rings. The summed E-state index contributed by atoms with van der Waals surface area (Å²) in [5.74, 6) is 26.8. The van der Waals surface area contributed by atoms with E-state index >= 15 is 0 Å². The lowest BCUT2D eigenvalue weighted by molar-refractivity contribution is 0.590. The van der Waals surface area contributed by atoms with E-state index in [1.54, 1.807) is 0 Å². The van der Waals surface area contributed by atoms with Crippen molar-refractivity contribution in [2.24, 2.45) is 0 Å². The maximum atomic E-state index is 11.5. The Morgan fingerprint density at radius 3 is 0.500 bits per heavy atom. The van der Waals surface area contributed by atoms with Crippen molar-refractivity contribution in [2.45, 2.75) is 227 Å². The molecule has 0 saturated heterocycles. The highest BCUT2D eigenvalue weighted by Gasteiger charge is 2.30. The largest absolute Gasteiger partial charge is 0.443 e. The SMILES string of the molecule is CCCCCC.Cc1cc(C)c(B(O)c2cc3ccccc3cc2C#Cc2ccc(C(C)(C)C)cc2)c(C)c1.Cc1cc(C)c(B(O)c2cc3ccccc3cc2C#Cc2ccc(C(C)(C)C)cc2)c(C)c1.Cc1cc(C)c(B(O)c2cc3ccccc3cc2C#Cc2ccc(C(C)(C)C)cc2)c(C)c1.Cc1cc(C)c(B(O)c2cc3ccccc3cc2C#Cc2ccc(C(C)(C)C)cc2)c(C)c1. The summed E-state index contributed by atoms with van der Waals surface area (Å²) in [6.45, 7) is 53.0. The minimum absolute atomic E-state index is 0.116. The minimum Gasteiger partial charge on any atom is -0.443 e. The lowest BCUT2D eigenvalue weighted by Crippen LogP contribution is -2.46. The standard InChI is InChI=1S/4C31H31BO.C6H14/c4*1-21-17-22(2)30(23(3)18-21)32(33)29-20-26-10-8-7-9-25(26)19-27(29)14-11-24-12-15-28(16-13-24)31(4,5)6;1-3-5-6-4-2/h4*7-10,12-13,15-20,33H,1-6H3;3-6H2,1-2H3. The lowest BCUT2D eigenvalue weighted by atomic mass is 9.52. The predicted octanol–water partition coefficient (Wildman–Crippen LogP) is 24.8. The summed E-state index contributed by atoms with van der Waals surface area (Å²) in [4.78, 5) is 0. The Labute approximate surface area is 828 Å². The molecule has 0 aromatic heterocycles. The van der Waals surface area contributed by atoms with Gasteiger partial charge in [-0.05, 0) is 287 Å². The van der Waals surface area contributed by atoms with Crippen molar-refractivity contribution in [3.8, 4) is 47.4 Å². The minimum atomic E-state index is -0.734. The van der Waals surface area contributed by atoms with Crippen LogP contribution >= 0.6 is 0 Å². The summed E-state index contributed by atoms with van der Waals surface area (Å²) in [6.07, 6.45) is 5.54. The molecular weight excluding hydrogens is 1670 g/mol. The van der Waals surface area contributed by atoms with Gasteiger partial charge in [-0.3, -0.25) is 0 Å². The van der Waals surface area contributed by atoms with Crippen LogP contribution in [-0.2, 0) is 21.7 Å². The van der Waals surface area contributed by atoms with Crippen LogP contribution in [0.2, 0.25) is 0 Å². The molecule has 0 atom stereocenters. The third-order valence-electron chi connectivity index (χ3n) is 26.2. The van der Waals surface area contributed by atoms with Crippen molar-refractivity contribution in [3.05, 3.63) is 425 Å². The fourth-order valence-corrected chi connectivity index (χ4v) is 18.8. The number of benzene rings is 16. The topological polar surface area (TPSA) is 80.9 Å². The molecule has 0 aliphatic carbocycles. The van der Waals surface area contributed by atoms with Crippen LogP contribution in [0.15, 0.2) is 291 Å². The first-order valence-corrected chi connectivity index (χ1v) is 49.1. The Morgan fingerprint density at radius 2 is 0.355 bits per heavy atom. The molecule has 16 aromatic carbocycles.